The van der Waals surface area contributed by atoms with Crippen molar-refractivity contribution in [3.05, 3.63) is 0 Å². The quantitative estimate of drug-likeness (QED) is 0.705. The number of hydrogen-bond donors (Lipinski definition) is 1. The molecule has 88 valence electrons. The average Bonchev–Trinajstić information content (AvgIpc) is 2.83. The first-order valence-electron chi connectivity index (χ1n) is 5.95. The SMILES string of the molecule is CCCN(CC1(CC(=O)O)CC1)C(C)C. The Hall–Kier alpha value is -0.570. The van der Waals surface area contributed by atoms with Crippen molar-refractivity contribution < 1.29 is 9.90 Å². The van der Waals surface area contributed by atoms with Crippen LogP contribution in [0.1, 0.15) is 46.5 Å². The second-order valence-electron chi connectivity index (χ2n) is 5.13. The van der Waals surface area contributed by atoms with Crippen LogP contribution in [-0.2, 0) is 4.79 Å². The van der Waals surface area contributed by atoms with E-state index in [2.05, 4.69) is 25.7 Å². The third-order valence-corrected chi connectivity index (χ3v) is 3.26. The second kappa shape index (κ2) is 4.97. The van der Waals surface area contributed by atoms with E-state index in [1.54, 1.807) is 0 Å². The lowest BCUT2D eigenvalue weighted by Crippen LogP contribution is -2.37. The van der Waals surface area contributed by atoms with Crippen LogP contribution < -0.4 is 0 Å². The summed E-state index contributed by atoms with van der Waals surface area (Å²) in [6.45, 7) is 8.59. The van der Waals surface area contributed by atoms with Crippen molar-refractivity contribution in [1.82, 2.24) is 4.90 Å². The zero-order chi connectivity index (χ0) is 11.5. The first-order valence-corrected chi connectivity index (χ1v) is 5.95. The van der Waals surface area contributed by atoms with Gasteiger partial charge in [-0.15, -0.1) is 0 Å². The fourth-order valence-corrected chi connectivity index (χ4v) is 2.13. The first-order chi connectivity index (χ1) is 6.99. The molecule has 0 unspecified atom stereocenters. The van der Waals surface area contributed by atoms with Gasteiger partial charge in [0.15, 0.2) is 0 Å². The van der Waals surface area contributed by atoms with Gasteiger partial charge in [0.2, 0.25) is 0 Å². The summed E-state index contributed by atoms with van der Waals surface area (Å²) >= 11 is 0. The third kappa shape index (κ3) is 3.82. The highest BCUT2D eigenvalue weighted by Crippen LogP contribution is 2.49. The van der Waals surface area contributed by atoms with Crippen molar-refractivity contribution in [1.29, 1.82) is 0 Å². The van der Waals surface area contributed by atoms with Crippen molar-refractivity contribution in [3.63, 3.8) is 0 Å². The molecule has 0 radical (unpaired) electrons. The monoisotopic (exact) mass is 213 g/mol. The molecule has 15 heavy (non-hydrogen) atoms. The topological polar surface area (TPSA) is 40.5 Å². The molecule has 1 N–H and O–H groups in total. The molecule has 0 saturated heterocycles. The molecule has 0 aromatic rings. The zero-order valence-electron chi connectivity index (χ0n) is 10.1. The van der Waals surface area contributed by atoms with Gasteiger partial charge in [0.25, 0.3) is 0 Å². The highest BCUT2D eigenvalue weighted by molar-refractivity contribution is 5.68. The summed E-state index contributed by atoms with van der Waals surface area (Å²) in [5.41, 5.74) is 0.102. The standard InChI is InChI=1S/C12H23NO2/c1-4-7-13(10(2)3)9-12(5-6-12)8-11(14)15/h10H,4-9H2,1-3H3,(H,14,15). The molecule has 0 atom stereocenters. The van der Waals surface area contributed by atoms with Gasteiger partial charge in [-0.25, -0.2) is 0 Å². The fraction of sp³-hybridized carbons (Fsp3) is 0.917. The normalized spacial score (nSPS) is 18.5. The van der Waals surface area contributed by atoms with E-state index in [1.165, 1.54) is 0 Å². The maximum atomic E-state index is 10.7. The molecule has 1 rings (SSSR count). The van der Waals surface area contributed by atoms with Crippen molar-refractivity contribution >= 4 is 5.97 Å². The molecule has 0 aromatic heterocycles. The van der Waals surface area contributed by atoms with Gasteiger partial charge in [0, 0.05) is 12.6 Å². The second-order valence-corrected chi connectivity index (χ2v) is 5.13. The fourth-order valence-electron chi connectivity index (χ4n) is 2.13. The Labute approximate surface area is 92.5 Å². The number of hydrogen-bond acceptors (Lipinski definition) is 2. The predicted molar refractivity (Wildman–Crippen MR) is 60.9 cm³/mol. The number of nitrogens with zero attached hydrogens (tertiary/aromatic N) is 1. The maximum Gasteiger partial charge on any atom is 0.303 e. The van der Waals surface area contributed by atoms with Gasteiger partial charge in [0.05, 0.1) is 6.42 Å². The molecular formula is C12H23NO2. The van der Waals surface area contributed by atoms with E-state index >= 15 is 0 Å². The molecule has 3 nitrogen and oxygen atoms in total. The predicted octanol–water partition coefficient (Wildman–Crippen LogP) is 2.36. The van der Waals surface area contributed by atoms with Gasteiger partial charge in [-0.1, -0.05) is 6.92 Å². The molecule has 1 saturated carbocycles. The summed E-state index contributed by atoms with van der Waals surface area (Å²) < 4.78 is 0. The zero-order valence-corrected chi connectivity index (χ0v) is 10.1. The van der Waals surface area contributed by atoms with E-state index in [1.807, 2.05) is 0 Å². The summed E-state index contributed by atoms with van der Waals surface area (Å²) in [4.78, 5) is 13.2. The van der Waals surface area contributed by atoms with Gasteiger partial charge in [-0.3, -0.25) is 4.79 Å². The van der Waals surface area contributed by atoms with E-state index in [9.17, 15) is 4.79 Å². The van der Waals surface area contributed by atoms with Crippen LogP contribution in [-0.4, -0.2) is 35.1 Å². The van der Waals surface area contributed by atoms with Gasteiger partial charge in [-0.2, -0.15) is 0 Å². The molecule has 0 spiro atoms. The number of rotatable bonds is 7. The summed E-state index contributed by atoms with van der Waals surface area (Å²) in [5.74, 6) is -0.646. The molecular weight excluding hydrogens is 190 g/mol. The maximum absolute atomic E-state index is 10.7. The highest BCUT2D eigenvalue weighted by atomic mass is 16.4. The lowest BCUT2D eigenvalue weighted by atomic mass is 10.0. The highest BCUT2D eigenvalue weighted by Gasteiger charge is 2.45. The Bertz CT molecular complexity index is 222. The number of carboxylic acids is 1. The molecule has 1 aliphatic carbocycles. The van der Waals surface area contributed by atoms with E-state index in [4.69, 9.17) is 5.11 Å². The molecule has 1 aliphatic rings. The van der Waals surface area contributed by atoms with Crippen LogP contribution in [0.2, 0.25) is 0 Å². The van der Waals surface area contributed by atoms with Gasteiger partial charge in [0.1, 0.15) is 0 Å². The van der Waals surface area contributed by atoms with Crippen LogP contribution in [0.3, 0.4) is 0 Å². The van der Waals surface area contributed by atoms with Crippen molar-refractivity contribution in [2.45, 2.75) is 52.5 Å². The van der Waals surface area contributed by atoms with Gasteiger partial charge in [-0.05, 0) is 45.1 Å². The lowest BCUT2D eigenvalue weighted by molar-refractivity contribution is -0.138. The molecule has 0 heterocycles. The van der Waals surface area contributed by atoms with Crippen molar-refractivity contribution in [3.8, 4) is 0 Å². The Morgan fingerprint density at radius 2 is 2.07 bits per heavy atom. The average molecular weight is 213 g/mol. The molecule has 0 aromatic carbocycles. The van der Waals surface area contributed by atoms with Crippen LogP contribution >= 0.6 is 0 Å². The minimum atomic E-state index is -0.646. The van der Waals surface area contributed by atoms with Crippen LogP contribution in [0.25, 0.3) is 0 Å². The number of carboxylic acid groups (broad SMARTS) is 1. The Morgan fingerprint density at radius 3 is 2.40 bits per heavy atom. The Kier molecular flexibility index (Phi) is 4.14. The Morgan fingerprint density at radius 1 is 1.47 bits per heavy atom. The molecule has 0 bridgehead atoms. The van der Waals surface area contributed by atoms with Gasteiger partial charge >= 0.3 is 5.97 Å². The van der Waals surface area contributed by atoms with E-state index < -0.39 is 5.97 Å². The largest absolute Gasteiger partial charge is 0.481 e. The van der Waals surface area contributed by atoms with Crippen molar-refractivity contribution in [2.75, 3.05) is 13.1 Å². The molecule has 0 amide bonds. The Balaban J connectivity index is 2.46. The molecule has 1 fully saturated rings. The van der Waals surface area contributed by atoms with Crippen LogP contribution in [0, 0.1) is 5.41 Å². The minimum Gasteiger partial charge on any atom is -0.481 e. The number of aliphatic carboxylic acids is 1. The summed E-state index contributed by atoms with van der Waals surface area (Å²) in [7, 11) is 0. The molecule has 3 heteroatoms. The van der Waals surface area contributed by atoms with Gasteiger partial charge < -0.3 is 10.0 Å². The summed E-state index contributed by atoms with van der Waals surface area (Å²) in [6.07, 6.45) is 3.67. The summed E-state index contributed by atoms with van der Waals surface area (Å²) in [6, 6.07) is 0.524. The van der Waals surface area contributed by atoms with E-state index in [-0.39, 0.29) is 5.41 Å². The smallest absolute Gasteiger partial charge is 0.303 e. The minimum absolute atomic E-state index is 0.102. The van der Waals surface area contributed by atoms with Crippen LogP contribution in [0.15, 0.2) is 0 Å². The molecule has 0 aliphatic heterocycles. The van der Waals surface area contributed by atoms with Crippen LogP contribution in [0.5, 0.6) is 0 Å². The third-order valence-electron chi connectivity index (χ3n) is 3.26. The van der Waals surface area contributed by atoms with E-state index in [0.29, 0.717) is 12.5 Å². The summed E-state index contributed by atoms with van der Waals surface area (Å²) in [5, 5.41) is 8.85. The van der Waals surface area contributed by atoms with Crippen molar-refractivity contribution in [2.24, 2.45) is 5.41 Å². The lowest BCUT2D eigenvalue weighted by Gasteiger charge is -2.29. The number of carbonyl (C=O) groups is 1. The van der Waals surface area contributed by atoms with E-state index in [0.717, 1.165) is 32.4 Å². The van der Waals surface area contributed by atoms with Crippen LogP contribution in [0.4, 0.5) is 0 Å². The first kappa shape index (κ1) is 12.5.